The fourth-order valence-electron chi connectivity index (χ4n) is 3.27. The third-order valence-corrected chi connectivity index (χ3v) is 5.73. The molecule has 1 aliphatic rings. The van der Waals surface area contributed by atoms with Gasteiger partial charge in [-0.1, -0.05) is 30.7 Å². The van der Waals surface area contributed by atoms with Gasteiger partial charge in [-0.2, -0.15) is 0 Å². The minimum absolute atomic E-state index is 0.0658. The van der Waals surface area contributed by atoms with Crippen molar-refractivity contribution in [2.45, 2.75) is 25.4 Å². The molecule has 7 nitrogen and oxygen atoms in total. The summed E-state index contributed by atoms with van der Waals surface area (Å²) >= 11 is 7.25. The van der Waals surface area contributed by atoms with Gasteiger partial charge in [0.05, 0.1) is 12.2 Å². The first-order valence-corrected chi connectivity index (χ1v) is 9.56. The summed E-state index contributed by atoms with van der Waals surface area (Å²) in [7, 11) is 0. The first-order valence-electron chi connectivity index (χ1n) is 8.30. The Labute approximate surface area is 163 Å². The molecular formula is C18H15ClN4O3S. The number of fused-ring (bicyclic) bond motifs is 1. The number of nitrogens with zero attached hydrogens (tertiary/aromatic N) is 3. The fraction of sp³-hybridized carbons (Fsp3) is 0.222. The molecule has 0 spiro atoms. The number of carbonyl (C=O) groups is 2. The van der Waals surface area contributed by atoms with Crippen LogP contribution in [0.2, 0.25) is 5.02 Å². The van der Waals surface area contributed by atoms with Gasteiger partial charge in [0.25, 0.3) is 11.5 Å². The molecule has 1 fully saturated rings. The number of halogens is 1. The molecule has 3 aromatic rings. The molecule has 1 N–H and O–H groups in total. The van der Waals surface area contributed by atoms with E-state index in [0.29, 0.717) is 27.7 Å². The first kappa shape index (κ1) is 17.7. The van der Waals surface area contributed by atoms with E-state index in [9.17, 15) is 14.4 Å². The van der Waals surface area contributed by atoms with Crippen LogP contribution in [-0.2, 0) is 16.9 Å². The van der Waals surface area contributed by atoms with Crippen molar-refractivity contribution >= 4 is 39.8 Å². The van der Waals surface area contributed by atoms with E-state index in [1.54, 1.807) is 35.8 Å². The largest absolute Gasteiger partial charge is 0.325 e. The number of urea groups is 1. The molecule has 1 atom stereocenters. The summed E-state index contributed by atoms with van der Waals surface area (Å²) in [5, 5.41) is 5.11. The molecular weight excluding hydrogens is 388 g/mol. The number of benzene rings is 1. The molecule has 27 heavy (non-hydrogen) atoms. The van der Waals surface area contributed by atoms with E-state index < -0.39 is 11.6 Å². The van der Waals surface area contributed by atoms with Crippen molar-refractivity contribution in [2.24, 2.45) is 0 Å². The molecule has 1 saturated heterocycles. The van der Waals surface area contributed by atoms with Gasteiger partial charge in [0.1, 0.15) is 5.54 Å². The van der Waals surface area contributed by atoms with Crippen molar-refractivity contribution in [3.63, 3.8) is 0 Å². The Balaban J connectivity index is 1.69. The molecule has 4 rings (SSSR count). The quantitative estimate of drug-likeness (QED) is 0.680. The number of nitrogens with one attached hydrogen (secondary N) is 1. The van der Waals surface area contributed by atoms with Crippen LogP contribution in [0, 0.1) is 0 Å². The lowest BCUT2D eigenvalue weighted by Gasteiger charge is -2.25. The lowest BCUT2D eigenvalue weighted by atomic mass is 9.87. The molecule has 0 aliphatic carbocycles. The normalized spacial score (nSPS) is 19.7. The maximum atomic E-state index is 13.2. The Hall–Kier alpha value is -2.71. The Kier molecular flexibility index (Phi) is 4.24. The van der Waals surface area contributed by atoms with Gasteiger partial charge in [-0.05, 0) is 24.1 Å². The van der Waals surface area contributed by atoms with Gasteiger partial charge in [0, 0.05) is 22.7 Å². The highest BCUT2D eigenvalue weighted by Crippen LogP contribution is 2.33. The average Bonchev–Trinajstić information content (AvgIpc) is 3.21. The van der Waals surface area contributed by atoms with Crippen LogP contribution in [0.5, 0.6) is 0 Å². The van der Waals surface area contributed by atoms with Gasteiger partial charge in [0.15, 0.2) is 4.96 Å². The minimum Gasteiger partial charge on any atom is -0.319 e. The second kappa shape index (κ2) is 6.47. The van der Waals surface area contributed by atoms with E-state index in [2.05, 4.69) is 10.3 Å². The van der Waals surface area contributed by atoms with Crippen LogP contribution in [0.4, 0.5) is 4.79 Å². The van der Waals surface area contributed by atoms with E-state index in [4.69, 9.17) is 11.6 Å². The molecule has 0 saturated carbocycles. The van der Waals surface area contributed by atoms with E-state index in [-0.39, 0.29) is 18.0 Å². The lowest BCUT2D eigenvalue weighted by Crippen LogP contribution is -2.43. The molecule has 3 amide bonds. The highest BCUT2D eigenvalue weighted by molar-refractivity contribution is 7.15. The lowest BCUT2D eigenvalue weighted by molar-refractivity contribution is -0.132. The predicted octanol–water partition coefficient (Wildman–Crippen LogP) is 2.77. The number of carbonyl (C=O) groups excluding carboxylic acids is 2. The smallest absolute Gasteiger partial charge is 0.319 e. The van der Waals surface area contributed by atoms with E-state index >= 15 is 0 Å². The Morgan fingerprint density at radius 3 is 2.67 bits per heavy atom. The van der Waals surface area contributed by atoms with Crippen LogP contribution in [0.3, 0.4) is 0 Å². The number of thiazole rings is 1. The maximum absolute atomic E-state index is 13.2. The summed E-state index contributed by atoms with van der Waals surface area (Å²) < 4.78 is 1.42. The van der Waals surface area contributed by atoms with Crippen molar-refractivity contribution in [2.75, 3.05) is 0 Å². The molecule has 1 aliphatic heterocycles. The highest BCUT2D eigenvalue weighted by atomic mass is 35.5. The van der Waals surface area contributed by atoms with Crippen molar-refractivity contribution < 1.29 is 9.59 Å². The van der Waals surface area contributed by atoms with Crippen LogP contribution in [0.1, 0.15) is 24.6 Å². The van der Waals surface area contributed by atoms with Crippen molar-refractivity contribution in [3.05, 3.63) is 68.5 Å². The third-order valence-electron chi connectivity index (χ3n) is 4.72. The first-order chi connectivity index (χ1) is 12.9. The van der Waals surface area contributed by atoms with Gasteiger partial charge in [-0.25, -0.2) is 9.78 Å². The van der Waals surface area contributed by atoms with Crippen LogP contribution in [0.15, 0.2) is 46.7 Å². The third kappa shape index (κ3) is 2.81. The van der Waals surface area contributed by atoms with Gasteiger partial charge in [-0.3, -0.25) is 18.9 Å². The summed E-state index contributed by atoms with van der Waals surface area (Å²) in [5.41, 5.74) is -0.363. The maximum Gasteiger partial charge on any atom is 0.325 e. The summed E-state index contributed by atoms with van der Waals surface area (Å²) in [6.45, 7) is 1.77. The highest BCUT2D eigenvalue weighted by Gasteiger charge is 2.51. The second-order valence-corrected chi connectivity index (χ2v) is 7.54. The molecule has 9 heteroatoms. The zero-order chi connectivity index (χ0) is 19.2. The number of rotatable bonds is 4. The van der Waals surface area contributed by atoms with Crippen molar-refractivity contribution in [1.29, 1.82) is 0 Å². The SMILES string of the molecule is CCC1(c2ccc(Cl)cc2)NC(=O)N(Cc2cc(=O)n3ccsc3n2)C1=O. The zero-order valence-corrected chi connectivity index (χ0v) is 15.9. The van der Waals surface area contributed by atoms with E-state index in [1.807, 2.05) is 6.92 Å². The number of hydrogen-bond acceptors (Lipinski definition) is 5. The molecule has 1 aromatic carbocycles. The molecule has 2 aromatic heterocycles. The van der Waals surface area contributed by atoms with Crippen LogP contribution in [-0.4, -0.2) is 26.2 Å². The van der Waals surface area contributed by atoms with Crippen molar-refractivity contribution in [1.82, 2.24) is 19.6 Å². The number of imide groups is 1. The predicted molar refractivity (Wildman–Crippen MR) is 102 cm³/mol. The monoisotopic (exact) mass is 402 g/mol. The average molecular weight is 403 g/mol. The van der Waals surface area contributed by atoms with E-state index in [1.165, 1.54) is 21.8 Å². The molecule has 138 valence electrons. The minimum atomic E-state index is -1.15. The molecule has 1 unspecified atom stereocenters. The second-order valence-electron chi connectivity index (χ2n) is 6.23. The van der Waals surface area contributed by atoms with Crippen LogP contribution < -0.4 is 10.9 Å². The Bertz CT molecular complexity index is 1110. The van der Waals surface area contributed by atoms with Gasteiger partial charge in [-0.15, -0.1) is 11.3 Å². The standard InChI is InChI=1S/C18H15ClN4O3S/c1-2-18(11-3-5-12(19)6-4-11)15(25)23(16(26)21-18)10-13-9-14(24)22-7-8-27-17(22)20-13/h3-9H,2,10H2,1H3,(H,21,26). The van der Waals surface area contributed by atoms with E-state index in [0.717, 1.165) is 4.90 Å². The topological polar surface area (TPSA) is 83.8 Å². The molecule has 3 heterocycles. The number of aromatic nitrogens is 2. The van der Waals surface area contributed by atoms with Crippen molar-refractivity contribution in [3.8, 4) is 0 Å². The van der Waals surface area contributed by atoms with Gasteiger partial charge < -0.3 is 5.32 Å². The zero-order valence-electron chi connectivity index (χ0n) is 14.3. The van der Waals surface area contributed by atoms with Gasteiger partial charge >= 0.3 is 6.03 Å². The summed E-state index contributed by atoms with van der Waals surface area (Å²) in [6.07, 6.45) is 2.02. The van der Waals surface area contributed by atoms with Crippen LogP contribution >= 0.6 is 22.9 Å². The summed E-state index contributed by atoms with van der Waals surface area (Å²) in [6, 6.07) is 7.66. The Morgan fingerprint density at radius 2 is 1.96 bits per heavy atom. The van der Waals surface area contributed by atoms with Crippen LogP contribution in [0.25, 0.3) is 4.96 Å². The number of amides is 3. The van der Waals surface area contributed by atoms with Gasteiger partial charge in [0.2, 0.25) is 0 Å². The molecule has 0 radical (unpaired) electrons. The summed E-state index contributed by atoms with van der Waals surface area (Å²) in [5.74, 6) is -0.370. The fourth-order valence-corrected chi connectivity index (χ4v) is 4.14. The molecule has 0 bridgehead atoms. The number of hydrogen-bond donors (Lipinski definition) is 1. The summed E-state index contributed by atoms with van der Waals surface area (Å²) in [4.78, 5) is 43.9. The Morgan fingerprint density at radius 1 is 1.22 bits per heavy atom.